The van der Waals surface area contributed by atoms with Crippen LogP contribution in [0.15, 0.2) is 48.5 Å². The Kier molecular flexibility index (Phi) is 5.27. The smallest absolute Gasteiger partial charge is 0.319 e. The van der Waals surface area contributed by atoms with Gasteiger partial charge < -0.3 is 10.6 Å². The lowest BCUT2D eigenvalue weighted by molar-refractivity contribution is 0.252. The van der Waals surface area contributed by atoms with Gasteiger partial charge in [-0.2, -0.15) is 0 Å². The molecule has 0 fully saturated rings. The third-order valence-electron chi connectivity index (χ3n) is 2.71. The van der Waals surface area contributed by atoms with E-state index in [-0.39, 0.29) is 6.03 Å². The Balaban J connectivity index is 1.75. The van der Waals surface area contributed by atoms with Crippen molar-refractivity contribution in [1.82, 2.24) is 5.32 Å². The number of urea groups is 1. The molecule has 0 atom stereocenters. The van der Waals surface area contributed by atoms with Crippen molar-refractivity contribution in [2.24, 2.45) is 0 Å². The number of halogens is 2. The summed E-state index contributed by atoms with van der Waals surface area (Å²) in [5.74, 6) is 0. The van der Waals surface area contributed by atoms with Crippen molar-refractivity contribution < 1.29 is 4.79 Å². The summed E-state index contributed by atoms with van der Waals surface area (Å²) in [6.07, 6.45) is 0.755. The number of rotatable bonds is 4. The molecule has 0 bridgehead atoms. The van der Waals surface area contributed by atoms with Crippen molar-refractivity contribution in [2.45, 2.75) is 6.42 Å². The fourth-order valence-electron chi connectivity index (χ4n) is 1.68. The molecule has 0 heterocycles. The molecule has 3 nitrogen and oxygen atoms in total. The molecular weight excluding hydrogens is 295 g/mol. The second-order valence-electron chi connectivity index (χ2n) is 4.26. The van der Waals surface area contributed by atoms with E-state index >= 15 is 0 Å². The lowest BCUT2D eigenvalue weighted by atomic mass is 10.1. The highest BCUT2D eigenvalue weighted by Crippen LogP contribution is 2.13. The maximum atomic E-state index is 11.7. The van der Waals surface area contributed by atoms with Crippen molar-refractivity contribution in [3.05, 3.63) is 64.1 Å². The normalized spacial score (nSPS) is 10.1. The lowest BCUT2D eigenvalue weighted by Crippen LogP contribution is -2.30. The van der Waals surface area contributed by atoms with Crippen LogP contribution in [0.2, 0.25) is 10.0 Å². The highest BCUT2D eigenvalue weighted by Gasteiger charge is 2.01. The van der Waals surface area contributed by atoms with E-state index < -0.39 is 0 Å². The SMILES string of the molecule is O=C(NCCc1ccc(Cl)cc1)Nc1ccc(Cl)cc1. The molecule has 2 aromatic carbocycles. The van der Waals surface area contributed by atoms with Crippen molar-refractivity contribution in [3.63, 3.8) is 0 Å². The van der Waals surface area contributed by atoms with Crippen LogP contribution in [0.1, 0.15) is 5.56 Å². The molecule has 2 amide bonds. The first-order valence-electron chi connectivity index (χ1n) is 6.18. The number of carbonyl (C=O) groups excluding carboxylic acids is 1. The maximum Gasteiger partial charge on any atom is 0.319 e. The summed E-state index contributed by atoms with van der Waals surface area (Å²) in [4.78, 5) is 11.7. The topological polar surface area (TPSA) is 41.1 Å². The Bertz CT molecular complexity index is 567. The van der Waals surface area contributed by atoms with Gasteiger partial charge in [0, 0.05) is 22.3 Å². The van der Waals surface area contributed by atoms with Crippen LogP contribution in [-0.4, -0.2) is 12.6 Å². The van der Waals surface area contributed by atoms with Crippen LogP contribution in [0.3, 0.4) is 0 Å². The zero-order chi connectivity index (χ0) is 14.4. The second-order valence-corrected chi connectivity index (χ2v) is 5.14. The van der Waals surface area contributed by atoms with Gasteiger partial charge in [-0.15, -0.1) is 0 Å². The predicted octanol–water partition coefficient (Wildman–Crippen LogP) is 4.36. The average molecular weight is 309 g/mol. The number of hydrogen-bond donors (Lipinski definition) is 2. The minimum absolute atomic E-state index is 0.235. The van der Waals surface area contributed by atoms with E-state index in [0.29, 0.717) is 22.3 Å². The van der Waals surface area contributed by atoms with Crippen LogP contribution in [0.4, 0.5) is 10.5 Å². The molecule has 0 spiro atoms. The molecule has 0 unspecified atom stereocenters. The molecule has 0 saturated heterocycles. The van der Waals surface area contributed by atoms with Crippen molar-refractivity contribution in [3.8, 4) is 0 Å². The van der Waals surface area contributed by atoms with Gasteiger partial charge in [-0.25, -0.2) is 4.79 Å². The Morgan fingerprint density at radius 3 is 2.05 bits per heavy atom. The minimum Gasteiger partial charge on any atom is -0.338 e. The molecule has 104 valence electrons. The van der Waals surface area contributed by atoms with Crippen LogP contribution < -0.4 is 10.6 Å². The summed E-state index contributed by atoms with van der Waals surface area (Å²) < 4.78 is 0. The average Bonchev–Trinajstić information content (AvgIpc) is 2.44. The lowest BCUT2D eigenvalue weighted by Gasteiger charge is -2.07. The monoisotopic (exact) mass is 308 g/mol. The third kappa shape index (κ3) is 4.76. The van der Waals surface area contributed by atoms with E-state index in [1.54, 1.807) is 24.3 Å². The Morgan fingerprint density at radius 2 is 1.45 bits per heavy atom. The summed E-state index contributed by atoms with van der Waals surface area (Å²) in [7, 11) is 0. The van der Waals surface area contributed by atoms with Crippen LogP contribution in [0.5, 0.6) is 0 Å². The van der Waals surface area contributed by atoms with Crippen molar-refractivity contribution >= 4 is 34.9 Å². The van der Waals surface area contributed by atoms with Crippen LogP contribution in [0, 0.1) is 0 Å². The second kappa shape index (κ2) is 7.17. The Hall–Kier alpha value is -1.71. The van der Waals surface area contributed by atoms with Crippen molar-refractivity contribution in [1.29, 1.82) is 0 Å². The first-order chi connectivity index (χ1) is 9.63. The van der Waals surface area contributed by atoms with Gasteiger partial charge in [0.2, 0.25) is 0 Å². The molecule has 20 heavy (non-hydrogen) atoms. The molecule has 0 aromatic heterocycles. The van der Waals surface area contributed by atoms with E-state index in [1.165, 1.54) is 0 Å². The first-order valence-corrected chi connectivity index (χ1v) is 6.94. The molecule has 2 aromatic rings. The van der Waals surface area contributed by atoms with E-state index in [1.807, 2.05) is 24.3 Å². The Morgan fingerprint density at radius 1 is 0.900 bits per heavy atom. The minimum atomic E-state index is -0.235. The molecule has 2 N–H and O–H groups in total. The van der Waals surface area contributed by atoms with Gasteiger partial charge in [0.15, 0.2) is 0 Å². The number of benzene rings is 2. The summed E-state index contributed by atoms with van der Waals surface area (Å²) in [6.45, 7) is 0.557. The van der Waals surface area contributed by atoms with E-state index in [2.05, 4.69) is 10.6 Å². The zero-order valence-corrected chi connectivity index (χ0v) is 12.2. The number of anilines is 1. The molecule has 0 saturated carbocycles. The number of nitrogens with one attached hydrogen (secondary N) is 2. The number of hydrogen-bond acceptors (Lipinski definition) is 1. The van der Waals surface area contributed by atoms with Gasteiger partial charge in [0.05, 0.1) is 0 Å². The fourth-order valence-corrected chi connectivity index (χ4v) is 1.93. The van der Waals surface area contributed by atoms with Crippen LogP contribution in [-0.2, 0) is 6.42 Å². The van der Waals surface area contributed by atoms with E-state index in [4.69, 9.17) is 23.2 Å². The van der Waals surface area contributed by atoms with Crippen LogP contribution >= 0.6 is 23.2 Å². The molecular formula is C15H14Cl2N2O. The highest BCUT2D eigenvalue weighted by atomic mass is 35.5. The largest absolute Gasteiger partial charge is 0.338 e. The first kappa shape index (κ1) is 14.7. The summed E-state index contributed by atoms with van der Waals surface area (Å²) in [6, 6.07) is 14.3. The van der Waals surface area contributed by atoms with Crippen LogP contribution in [0.25, 0.3) is 0 Å². The Labute approximate surface area is 127 Å². The third-order valence-corrected chi connectivity index (χ3v) is 3.22. The quantitative estimate of drug-likeness (QED) is 0.866. The van der Waals surface area contributed by atoms with Gasteiger partial charge in [-0.3, -0.25) is 0 Å². The molecule has 2 rings (SSSR count). The number of carbonyl (C=O) groups is 1. The summed E-state index contributed by atoms with van der Waals surface area (Å²) in [5.41, 5.74) is 1.83. The van der Waals surface area contributed by atoms with Gasteiger partial charge in [0.25, 0.3) is 0 Å². The standard InChI is InChI=1S/C15H14Cl2N2O/c16-12-3-1-11(2-4-12)9-10-18-15(20)19-14-7-5-13(17)6-8-14/h1-8H,9-10H2,(H2,18,19,20). The van der Waals surface area contributed by atoms with Crippen molar-refractivity contribution in [2.75, 3.05) is 11.9 Å². The highest BCUT2D eigenvalue weighted by molar-refractivity contribution is 6.30. The maximum absolute atomic E-state index is 11.7. The fraction of sp³-hybridized carbons (Fsp3) is 0.133. The molecule has 0 aliphatic carbocycles. The zero-order valence-electron chi connectivity index (χ0n) is 10.7. The molecule has 0 aliphatic rings. The van der Waals surface area contributed by atoms with Gasteiger partial charge >= 0.3 is 6.03 Å². The molecule has 0 aliphatic heterocycles. The predicted molar refractivity (Wildman–Crippen MR) is 83.6 cm³/mol. The van der Waals surface area contributed by atoms with E-state index in [9.17, 15) is 4.79 Å². The summed E-state index contributed by atoms with van der Waals surface area (Å²) in [5, 5.41) is 6.88. The molecule has 0 radical (unpaired) electrons. The van der Waals surface area contributed by atoms with Gasteiger partial charge in [-0.1, -0.05) is 35.3 Å². The van der Waals surface area contributed by atoms with Gasteiger partial charge in [-0.05, 0) is 48.4 Å². The molecule has 5 heteroatoms. The van der Waals surface area contributed by atoms with Gasteiger partial charge in [0.1, 0.15) is 0 Å². The van der Waals surface area contributed by atoms with E-state index in [0.717, 1.165) is 12.0 Å². The number of amides is 2. The summed E-state index contributed by atoms with van der Waals surface area (Å²) >= 11 is 11.6.